The Kier molecular flexibility index (Phi) is 20.7. The van der Waals surface area contributed by atoms with Gasteiger partial charge in [-0.2, -0.15) is 52.7 Å². The van der Waals surface area contributed by atoms with E-state index in [1.807, 2.05) is 0 Å². The van der Waals surface area contributed by atoms with Gasteiger partial charge in [0.1, 0.15) is 13.1 Å². The minimum absolute atomic E-state index is 0.778. The molecule has 0 saturated carbocycles. The molecule has 0 unspecified atom stereocenters. The van der Waals surface area contributed by atoms with Crippen LogP contribution in [0.15, 0.2) is 49.1 Å². The van der Waals surface area contributed by atoms with Gasteiger partial charge in [-0.3, -0.25) is 0 Å². The summed E-state index contributed by atoms with van der Waals surface area (Å²) in [6, 6.07) is 8.99. The fraction of sp³-hybridized carbons (Fsp3) is 0.643. The van der Waals surface area contributed by atoms with Gasteiger partial charge in [-0.15, -0.1) is 0 Å². The molecule has 0 N–H and O–H groups in total. The van der Waals surface area contributed by atoms with Crippen molar-refractivity contribution in [2.45, 2.75) is 113 Å². The van der Waals surface area contributed by atoms with Crippen LogP contribution in [0.25, 0.3) is 19.4 Å². The third-order valence-corrected chi connectivity index (χ3v) is 12.2. The molecule has 0 bridgehead atoms. The SMILES string of the molecule is CCCCCCC[n+]1ccc(-c2cc[n+](CCCCCCC)cc2)cc1.O=S(=O)([N-]S(=O)(=O)C(F)(F)F)C(F)(F)F.O=S(=O)([N-]S(=O)(=O)C(F)(F)F)C(F)(F)F. The maximum absolute atomic E-state index is 11.4. The lowest BCUT2D eigenvalue weighted by Crippen LogP contribution is -2.33. The van der Waals surface area contributed by atoms with Crippen LogP contribution >= 0.6 is 0 Å². The third-order valence-electron chi connectivity index (χ3n) is 6.72. The van der Waals surface area contributed by atoms with Crippen LogP contribution in [0, 0.1) is 0 Å². The summed E-state index contributed by atoms with van der Waals surface area (Å²) in [5.41, 5.74) is -22.2. The van der Waals surface area contributed by atoms with Gasteiger partial charge in [0, 0.05) is 37.1 Å². The van der Waals surface area contributed by atoms with Crippen molar-refractivity contribution < 1.29 is 95.5 Å². The average molecular weight is 915 g/mol. The standard InChI is InChI=1S/C24H38N2.2C2F6NO4S2/c1-3-5-7-9-11-17-25-19-13-23(14-20-25)24-15-21-26(22-16-24)18-12-10-8-6-4-2;2*3-1(4,5)14(10,11)9-15(12,13)2(6,7)8/h13-16,19-22H,3-12,17-18H2,1-2H3;;/q+2;2*-1. The second-order valence-corrected chi connectivity index (χ2v) is 18.2. The minimum atomic E-state index is -6.72. The summed E-state index contributed by atoms with van der Waals surface area (Å²) in [6.45, 7) is 6.81. The number of aromatic nitrogens is 2. The maximum atomic E-state index is 11.4. The van der Waals surface area contributed by atoms with Crippen molar-refractivity contribution in [1.29, 1.82) is 0 Å². The van der Waals surface area contributed by atoms with Crippen molar-refractivity contribution in [3.63, 3.8) is 0 Å². The largest absolute Gasteiger partial charge is 0.480 e. The maximum Gasteiger partial charge on any atom is 0.480 e. The Bertz CT molecular complexity index is 1700. The van der Waals surface area contributed by atoms with Crippen LogP contribution in [0.3, 0.4) is 0 Å². The molecule has 56 heavy (non-hydrogen) atoms. The van der Waals surface area contributed by atoms with Crippen LogP contribution in [-0.4, -0.2) is 55.7 Å². The van der Waals surface area contributed by atoms with Crippen molar-refractivity contribution in [3.8, 4) is 11.1 Å². The monoisotopic (exact) mass is 914 g/mol. The molecule has 2 aromatic rings. The summed E-state index contributed by atoms with van der Waals surface area (Å²) >= 11 is 0. The molecule has 2 heterocycles. The molecule has 0 spiro atoms. The van der Waals surface area contributed by atoms with Crippen molar-refractivity contribution in [3.05, 3.63) is 57.3 Å². The highest BCUT2D eigenvalue weighted by molar-refractivity contribution is 8.13. The van der Waals surface area contributed by atoms with Gasteiger partial charge in [0.05, 0.1) is 0 Å². The smallest absolute Gasteiger partial charge is 0.421 e. The van der Waals surface area contributed by atoms with Gasteiger partial charge in [-0.1, -0.05) is 52.4 Å². The molecular formula is C28H38F12N4O8S4. The Balaban J connectivity index is 0.000000871. The number of unbranched alkanes of at least 4 members (excludes halogenated alkanes) is 8. The number of alkyl halides is 12. The highest BCUT2D eigenvalue weighted by Crippen LogP contribution is 2.37. The van der Waals surface area contributed by atoms with E-state index in [1.165, 1.54) is 75.3 Å². The molecule has 2 rings (SSSR count). The molecule has 326 valence electrons. The topological polar surface area (TPSA) is 173 Å². The van der Waals surface area contributed by atoms with Crippen molar-refractivity contribution in [1.82, 2.24) is 0 Å². The Morgan fingerprint density at radius 2 is 0.625 bits per heavy atom. The molecule has 0 atom stereocenters. The summed E-state index contributed by atoms with van der Waals surface area (Å²) in [5.74, 6) is 0. The van der Waals surface area contributed by atoms with E-state index in [2.05, 4.69) is 72.0 Å². The number of pyridine rings is 2. The molecule has 0 radical (unpaired) electrons. The zero-order chi connectivity index (χ0) is 43.9. The van der Waals surface area contributed by atoms with Crippen molar-refractivity contribution >= 4 is 40.1 Å². The second kappa shape index (κ2) is 21.8. The molecular weight excluding hydrogens is 877 g/mol. The van der Waals surface area contributed by atoms with Gasteiger partial charge in [0.25, 0.3) is 0 Å². The summed E-state index contributed by atoms with van der Waals surface area (Å²) in [7, 11) is -26.9. The van der Waals surface area contributed by atoms with E-state index >= 15 is 0 Å². The predicted octanol–water partition coefficient (Wildman–Crippen LogP) is 7.99. The first-order chi connectivity index (χ1) is 25.2. The zero-order valence-corrected chi connectivity index (χ0v) is 32.6. The van der Waals surface area contributed by atoms with Gasteiger partial charge in [-0.05, 0) is 24.0 Å². The molecule has 0 aliphatic heterocycles. The van der Waals surface area contributed by atoms with Gasteiger partial charge >= 0.3 is 22.0 Å². The summed E-state index contributed by atoms with van der Waals surface area (Å²) < 4.78 is 223. The molecule has 0 aliphatic rings. The number of sulfonamides is 4. The summed E-state index contributed by atoms with van der Waals surface area (Å²) in [6.07, 6.45) is 22.3. The number of aryl methyl sites for hydroxylation is 2. The molecule has 28 heteroatoms. The first kappa shape index (κ1) is 53.2. The molecule has 12 nitrogen and oxygen atoms in total. The van der Waals surface area contributed by atoms with Crippen molar-refractivity contribution in [2.75, 3.05) is 0 Å². The molecule has 0 fully saturated rings. The number of hydrogen-bond donors (Lipinski definition) is 0. The first-order valence-corrected chi connectivity index (χ1v) is 21.7. The van der Waals surface area contributed by atoms with Gasteiger partial charge in [0.15, 0.2) is 64.9 Å². The quantitative estimate of drug-likeness (QED) is 0.0873. The number of rotatable bonds is 17. The van der Waals surface area contributed by atoms with E-state index in [1.54, 1.807) is 0 Å². The molecule has 2 aromatic heterocycles. The van der Waals surface area contributed by atoms with E-state index in [-0.39, 0.29) is 0 Å². The summed E-state index contributed by atoms with van der Waals surface area (Å²) in [4.78, 5) is 0. The summed E-state index contributed by atoms with van der Waals surface area (Å²) in [5, 5.41) is 0. The minimum Gasteiger partial charge on any atom is -0.421 e. The molecule has 0 aliphatic carbocycles. The van der Waals surface area contributed by atoms with E-state index < -0.39 is 62.1 Å². The van der Waals surface area contributed by atoms with Crippen LogP contribution in [-0.2, 0) is 53.2 Å². The highest BCUT2D eigenvalue weighted by atomic mass is 32.3. The Hall–Kier alpha value is -2.82. The molecule has 0 aromatic carbocycles. The Labute approximate surface area is 316 Å². The molecule has 0 saturated heterocycles. The van der Waals surface area contributed by atoms with Crippen LogP contribution < -0.4 is 9.13 Å². The van der Waals surface area contributed by atoms with Crippen LogP contribution in [0.5, 0.6) is 0 Å². The van der Waals surface area contributed by atoms with E-state index in [9.17, 15) is 86.4 Å². The van der Waals surface area contributed by atoms with E-state index in [0.29, 0.717) is 0 Å². The highest BCUT2D eigenvalue weighted by Gasteiger charge is 2.48. The lowest BCUT2D eigenvalue weighted by molar-refractivity contribution is -0.697. The van der Waals surface area contributed by atoms with Crippen LogP contribution in [0.2, 0.25) is 0 Å². The number of hydrogen-bond acceptors (Lipinski definition) is 8. The fourth-order valence-electron chi connectivity index (χ4n) is 3.82. The Morgan fingerprint density at radius 3 is 0.821 bits per heavy atom. The third kappa shape index (κ3) is 18.6. The van der Waals surface area contributed by atoms with Crippen molar-refractivity contribution in [2.24, 2.45) is 0 Å². The van der Waals surface area contributed by atoms with Gasteiger partial charge in [-0.25, -0.2) is 42.8 Å². The fourth-order valence-corrected chi connectivity index (χ4v) is 7.24. The second-order valence-electron chi connectivity index (χ2n) is 11.3. The normalized spacial score (nSPS) is 13.3. The van der Waals surface area contributed by atoms with Crippen LogP contribution in [0.1, 0.15) is 78.1 Å². The number of nitrogens with zero attached hydrogens (tertiary/aromatic N) is 4. The average Bonchev–Trinajstić information content (AvgIpc) is 3.03. The lowest BCUT2D eigenvalue weighted by atomic mass is 10.1. The zero-order valence-electron chi connectivity index (χ0n) is 29.3. The van der Waals surface area contributed by atoms with E-state index in [4.69, 9.17) is 0 Å². The Morgan fingerprint density at radius 1 is 0.411 bits per heavy atom. The van der Waals surface area contributed by atoms with Crippen LogP contribution in [0.4, 0.5) is 52.7 Å². The number of halogens is 12. The van der Waals surface area contributed by atoms with Gasteiger partial charge in [0.2, 0.25) is 0 Å². The predicted molar refractivity (Wildman–Crippen MR) is 176 cm³/mol. The molecule has 0 amide bonds. The van der Waals surface area contributed by atoms with E-state index in [0.717, 1.165) is 21.3 Å². The lowest BCUT2D eigenvalue weighted by Gasteiger charge is -2.22. The van der Waals surface area contributed by atoms with Gasteiger partial charge < -0.3 is 8.25 Å². The first-order valence-electron chi connectivity index (χ1n) is 16.0.